The van der Waals surface area contributed by atoms with Crippen LogP contribution in [0.4, 0.5) is 14.6 Å². The first-order valence-corrected chi connectivity index (χ1v) is 11.9. The molecule has 5 rings (SSSR count). The molecule has 0 amide bonds. The van der Waals surface area contributed by atoms with Crippen molar-refractivity contribution in [3.63, 3.8) is 0 Å². The van der Waals surface area contributed by atoms with E-state index in [0.29, 0.717) is 11.8 Å². The highest BCUT2D eigenvalue weighted by atomic mass is 19.3. The molecule has 9 nitrogen and oxygen atoms in total. The number of aryl methyl sites for hydroxylation is 2. The molecule has 36 heavy (non-hydrogen) atoms. The fourth-order valence-corrected chi connectivity index (χ4v) is 4.84. The number of nitrogens with zero attached hydrogens (tertiary/aromatic N) is 6. The fraction of sp³-hybridized carbons (Fsp3) is 0.400. The van der Waals surface area contributed by atoms with E-state index in [1.54, 1.807) is 24.3 Å². The Balaban J connectivity index is 1.46. The molecule has 1 atom stereocenters. The number of hydrogen-bond donors (Lipinski definition) is 2. The summed E-state index contributed by atoms with van der Waals surface area (Å²) in [6.45, 7) is 0.919. The highest BCUT2D eigenvalue weighted by Crippen LogP contribution is 2.47. The van der Waals surface area contributed by atoms with Crippen molar-refractivity contribution in [1.29, 1.82) is 0 Å². The Hall–Kier alpha value is -3.73. The maximum atomic E-state index is 12.6. The molecule has 2 aliphatic rings. The van der Waals surface area contributed by atoms with E-state index >= 15 is 0 Å². The lowest BCUT2D eigenvalue weighted by Gasteiger charge is -2.37. The van der Waals surface area contributed by atoms with Gasteiger partial charge in [0, 0.05) is 43.2 Å². The molecule has 1 unspecified atom stereocenters. The second-order valence-corrected chi connectivity index (χ2v) is 9.44. The van der Waals surface area contributed by atoms with Gasteiger partial charge in [0.2, 0.25) is 5.96 Å². The van der Waals surface area contributed by atoms with E-state index in [-0.39, 0.29) is 5.75 Å². The number of fused-ring (bicyclic) bond motifs is 3. The molecule has 1 aromatic carbocycles. The van der Waals surface area contributed by atoms with Gasteiger partial charge in [-0.25, -0.2) is 4.99 Å². The van der Waals surface area contributed by atoms with Gasteiger partial charge in [-0.1, -0.05) is 0 Å². The molecule has 3 aromatic rings. The van der Waals surface area contributed by atoms with Crippen LogP contribution in [0.1, 0.15) is 24.6 Å². The zero-order valence-corrected chi connectivity index (χ0v) is 20.8. The minimum absolute atomic E-state index is 0.118. The zero-order chi connectivity index (χ0) is 25.4. The summed E-state index contributed by atoms with van der Waals surface area (Å²) in [5.74, 6) is 1.42. The van der Waals surface area contributed by atoms with E-state index in [1.807, 2.05) is 49.0 Å². The van der Waals surface area contributed by atoms with Crippen LogP contribution in [-0.2, 0) is 25.6 Å². The molecule has 190 valence electrons. The number of aromatic nitrogens is 4. The lowest BCUT2D eigenvalue weighted by molar-refractivity contribution is -0.0498. The smallest absolute Gasteiger partial charge is 0.387 e. The van der Waals surface area contributed by atoms with E-state index in [9.17, 15) is 8.78 Å². The Morgan fingerprint density at radius 2 is 1.94 bits per heavy atom. The summed E-state index contributed by atoms with van der Waals surface area (Å²) in [5, 5.41) is 16.0. The number of alkyl halides is 2. The quantitative estimate of drug-likeness (QED) is 0.521. The summed E-state index contributed by atoms with van der Waals surface area (Å²) in [6, 6.07) is 8.58. The Labute approximate surface area is 208 Å². The van der Waals surface area contributed by atoms with E-state index in [4.69, 9.17) is 10.1 Å². The number of halogens is 2. The third kappa shape index (κ3) is 4.58. The van der Waals surface area contributed by atoms with Gasteiger partial charge in [0.25, 0.3) is 0 Å². The van der Waals surface area contributed by atoms with Gasteiger partial charge in [0.15, 0.2) is 5.82 Å². The maximum absolute atomic E-state index is 12.6. The second-order valence-electron chi connectivity index (χ2n) is 9.44. The van der Waals surface area contributed by atoms with Gasteiger partial charge >= 0.3 is 6.61 Å². The first-order chi connectivity index (χ1) is 17.2. The number of benzene rings is 1. The number of nitrogens with one attached hydrogen (secondary N) is 2. The summed E-state index contributed by atoms with van der Waals surface area (Å²) in [5.41, 5.74) is 4.28. The molecule has 2 aromatic heterocycles. The molecule has 0 saturated heterocycles. The van der Waals surface area contributed by atoms with Gasteiger partial charge in [-0.05, 0) is 63.7 Å². The topological polar surface area (TPSA) is 84.5 Å². The predicted octanol–water partition coefficient (Wildman–Crippen LogP) is 3.56. The normalized spacial score (nSPS) is 18.9. The van der Waals surface area contributed by atoms with Crippen molar-refractivity contribution in [1.82, 2.24) is 29.8 Å². The number of anilines is 1. The summed E-state index contributed by atoms with van der Waals surface area (Å²) in [7, 11) is 5.96. The van der Waals surface area contributed by atoms with Crippen molar-refractivity contribution < 1.29 is 13.5 Å². The summed E-state index contributed by atoms with van der Waals surface area (Å²) in [4.78, 5) is 7.22. The van der Waals surface area contributed by atoms with Gasteiger partial charge < -0.3 is 20.3 Å². The average Bonchev–Trinajstić information content (AvgIpc) is 3.41. The van der Waals surface area contributed by atoms with Gasteiger partial charge in [-0.15, -0.1) is 0 Å². The summed E-state index contributed by atoms with van der Waals surface area (Å²) < 4.78 is 33.5. The fourth-order valence-electron chi connectivity index (χ4n) is 4.84. The minimum atomic E-state index is -2.86. The number of likely N-dealkylation sites (N-methyl/N-ethyl adjacent to an activating group) is 1. The zero-order valence-electron chi connectivity index (χ0n) is 20.8. The van der Waals surface area contributed by atoms with Gasteiger partial charge in [0.1, 0.15) is 11.3 Å². The maximum Gasteiger partial charge on any atom is 0.387 e. The largest absolute Gasteiger partial charge is 0.435 e. The van der Waals surface area contributed by atoms with E-state index in [0.717, 1.165) is 54.0 Å². The molecule has 0 radical (unpaired) electrons. The molecule has 11 heteroatoms. The highest BCUT2D eigenvalue weighted by Gasteiger charge is 2.43. The predicted molar refractivity (Wildman–Crippen MR) is 134 cm³/mol. The van der Waals surface area contributed by atoms with Crippen LogP contribution in [0.15, 0.2) is 53.3 Å². The number of rotatable bonds is 7. The Bertz CT molecular complexity index is 1310. The molecule has 0 fully saturated rings. The third-order valence-electron chi connectivity index (χ3n) is 6.60. The number of guanidine groups is 1. The van der Waals surface area contributed by atoms with Crippen LogP contribution in [0.3, 0.4) is 0 Å². The van der Waals surface area contributed by atoms with Crippen LogP contribution >= 0.6 is 0 Å². The van der Waals surface area contributed by atoms with Crippen molar-refractivity contribution in [2.45, 2.75) is 38.5 Å². The number of ether oxygens (including phenoxy) is 1. The van der Waals surface area contributed by atoms with Crippen molar-refractivity contribution in [2.75, 3.05) is 26.0 Å². The monoisotopic (exact) mass is 496 g/mol. The highest BCUT2D eigenvalue weighted by molar-refractivity contribution is 5.95. The van der Waals surface area contributed by atoms with Crippen LogP contribution in [0.2, 0.25) is 0 Å². The van der Waals surface area contributed by atoms with Crippen LogP contribution in [0.25, 0.3) is 11.3 Å². The van der Waals surface area contributed by atoms with Crippen molar-refractivity contribution in [3.05, 3.63) is 59.6 Å². The molecular formula is C25H30F2N8O. The summed E-state index contributed by atoms with van der Waals surface area (Å²) >= 11 is 0. The molecule has 2 N–H and O–H groups in total. The van der Waals surface area contributed by atoms with Crippen LogP contribution in [0.5, 0.6) is 5.75 Å². The molecule has 0 saturated carbocycles. The molecule has 0 spiro atoms. The van der Waals surface area contributed by atoms with Crippen molar-refractivity contribution >= 4 is 11.8 Å². The summed E-state index contributed by atoms with van der Waals surface area (Å²) in [6.07, 6.45) is 5.59. The Morgan fingerprint density at radius 1 is 1.17 bits per heavy atom. The molecule has 0 bridgehead atoms. The van der Waals surface area contributed by atoms with Crippen molar-refractivity contribution in [2.24, 2.45) is 12.0 Å². The van der Waals surface area contributed by atoms with Crippen LogP contribution in [-0.4, -0.2) is 57.7 Å². The average molecular weight is 497 g/mol. The third-order valence-corrected chi connectivity index (χ3v) is 6.60. The first-order valence-electron chi connectivity index (χ1n) is 11.9. The SMILES string of the molecule is CN(C)CCn1ccc(NC2=NC3(C)C(=CN2)CCc2nn(C)c(-c4ccc(OC(F)F)cc4)c23)n1. The molecule has 3 heterocycles. The molecule has 1 aliphatic carbocycles. The minimum Gasteiger partial charge on any atom is -0.435 e. The van der Waals surface area contributed by atoms with E-state index in [2.05, 4.69) is 32.3 Å². The Morgan fingerprint density at radius 3 is 2.67 bits per heavy atom. The lowest BCUT2D eigenvalue weighted by Crippen LogP contribution is -2.40. The molecule has 1 aliphatic heterocycles. The Kier molecular flexibility index (Phi) is 6.25. The van der Waals surface area contributed by atoms with Crippen molar-refractivity contribution in [3.8, 4) is 17.0 Å². The van der Waals surface area contributed by atoms with Gasteiger partial charge in [0.05, 0.1) is 17.9 Å². The lowest BCUT2D eigenvalue weighted by atomic mass is 9.75. The van der Waals surface area contributed by atoms with Crippen LogP contribution in [0, 0.1) is 0 Å². The van der Waals surface area contributed by atoms with E-state index in [1.165, 1.54) is 0 Å². The standard InChI is InChI=1S/C25H30F2N8O/c1-25-17(15-28-24(30-25)29-20-11-12-35(32-20)14-13-33(2)3)7-10-19-21(25)22(34(4)31-19)16-5-8-18(9-6-16)36-23(26)27/h5-6,8-9,11-12,15,23H,7,10,13-14H2,1-4H3,(H2,28,29,30,32). The van der Waals surface area contributed by atoms with Gasteiger partial charge in [-0.3, -0.25) is 9.36 Å². The van der Waals surface area contributed by atoms with Crippen LogP contribution < -0.4 is 15.4 Å². The second kappa shape index (κ2) is 9.38. The number of hydrogen-bond acceptors (Lipinski definition) is 7. The van der Waals surface area contributed by atoms with E-state index < -0.39 is 12.2 Å². The first kappa shape index (κ1) is 24.0. The van der Waals surface area contributed by atoms with Gasteiger partial charge in [-0.2, -0.15) is 19.0 Å². The number of aliphatic imine (C=N–C) groups is 1. The molecular weight excluding hydrogens is 466 g/mol.